The molecular weight excluding hydrogens is 498 g/mol. The molecular formula is C25H23N5O4S2. The fourth-order valence-electron chi connectivity index (χ4n) is 3.33. The van der Waals surface area contributed by atoms with Crippen molar-refractivity contribution in [2.45, 2.75) is 4.34 Å². The summed E-state index contributed by atoms with van der Waals surface area (Å²) in [7, 11) is 5.12. The number of hydrogen-bond donors (Lipinski definition) is 1. The molecule has 9 nitrogen and oxygen atoms in total. The van der Waals surface area contributed by atoms with Crippen LogP contribution in [0.4, 0.5) is 22.7 Å². The molecule has 4 aromatic rings. The number of nitrogens with one attached hydrogen (secondary N) is 1. The first-order valence-corrected chi connectivity index (χ1v) is 12.6. The molecule has 1 heterocycles. The molecule has 0 saturated heterocycles. The quantitative estimate of drug-likeness (QED) is 0.129. The first-order valence-electron chi connectivity index (χ1n) is 10.8. The van der Waals surface area contributed by atoms with Gasteiger partial charge in [0.15, 0.2) is 4.34 Å². The maximum absolute atomic E-state index is 12.3. The fraction of sp³-hybridized carbons (Fsp3) is 0.160. The zero-order valence-corrected chi connectivity index (χ0v) is 21.4. The number of nitro benzene ring substituents is 1. The van der Waals surface area contributed by atoms with Gasteiger partial charge in [-0.15, -0.1) is 11.3 Å². The third-order valence-electron chi connectivity index (χ3n) is 5.09. The Bertz CT molecular complexity index is 1430. The highest BCUT2D eigenvalue weighted by Crippen LogP contribution is 2.32. The predicted molar refractivity (Wildman–Crippen MR) is 147 cm³/mol. The van der Waals surface area contributed by atoms with Crippen molar-refractivity contribution in [1.82, 2.24) is 4.98 Å². The van der Waals surface area contributed by atoms with Gasteiger partial charge >= 0.3 is 0 Å². The van der Waals surface area contributed by atoms with Gasteiger partial charge in [-0.25, -0.2) is 4.98 Å². The van der Waals surface area contributed by atoms with E-state index in [1.165, 1.54) is 29.2 Å². The molecule has 3 aromatic carbocycles. The topological polar surface area (TPSA) is 110 Å². The zero-order chi connectivity index (χ0) is 25.7. The lowest BCUT2D eigenvalue weighted by Crippen LogP contribution is -2.13. The number of hydrogen-bond acceptors (Lipinski definition) is 9. The monoisotopic (exact) mass is 521 g/mol. The van der Waals surface area contributed by atoms with E-state index in [-0.39, 0.29) is 17.3 Å². The van der Waals surface area contributed by atoms with Gasteiger partial charge in [0.25, 0.3) is 5.69 Å². The molecule has 11 heteroatoms. The van der Waals surface area contributed by atoms with Crippen molar-refractivity contribution in [2.24, 2.45) is 4.99 Å². The lowest BCUT2D eigenvalue weighted by atomic mass is 10.1. The third-order valence-corrected chi connectivity index (χ3v) is 7.25. The Labute approximate surface area is 216 Å². The molecule has 0 saturated carbocycles. The molecule has 0 spiro atoms. The Morgan fingerprint density at radius 3 is 2.67 bits per heavy atom. The van der Waals surface area contributed by atoms with Crippen LogP contribution in [0.3, 0.4) is 0 Å². The minimum Gasteiger partial charge on any atom is -0.497 e. The van der Waals surface area contributed by atoms with E-state index in [0.717, 1.165) is 20.3 Å². The number of nitro groups is 1. The second kappa shape index (κ2) is 11.2. The molecule has 1 aromatic heterocycles. The van der Waals surface area contributed by atoms with E-state index in [2.05, 4.69) is 15.3 Å². The number of rotatable bonds is 9. The van der Waals surface area contributed by atoms with E-state index in [1.807, 2.05) is 18.2 Å². The number of anilines is 2. The van der Waals surface area contributed by atoms with Gasteiger partial charge in [-0.2, -0.15) is 0 Å². The van der Waals surface area contributed by atoms with Gasteiger partial charge in [-0.05, 0) is 54.1 Å². The van der Waals surface area contributed by atoms with E-state index in [1.54, 1.807) is 68.7 Å². The van der Waals surface area contributed by atoms with Crippen LogP contribution in [-0.2, 0) is 4.79 Å². The molecule has 0 fully saturated rings. The maximum Gasteiger partial charge on any atom is 0.293 e. The molecule has 0 unspecified atom stereocenters. The standard InChI is InChI=1S/C25H23N5O4S2/c1-29(2)21-11-4-16(12-22(21)30(32)33)14-26-18-7-10-20-23(13-18)36-25(28-20)35-15-24(31)27-17-5-8-19(34-3)9-6-17/h4-14H,15H2,1-3H3,(H,27,31). The van der Waals surface area contributed by atoms with Crippen LogP contribution >= 0.6 is 23.1 Å². The van der Waals surface area contributed by atoms with Gasteiger partial charge in [0, 0.05) is 32.1 Å². The summed E-state index contributed by atoms with van der Waals surface area (Å²) in [5.74, 6) is 0.840. The van der Waals surface area contributed by atoms with Crippen LogP contribution in [0.1, 0.15) is 5.56 Å². The van der Waals surface area contributed by atoms with Crippen molar-refractivity contribution < 1.29 is 14.5 Å². The van der Waals surface area contributed by atoms with E-state index >= 15 is 0 Å². The lowest BCUT2D eigenvalue weighted by molar-refractivity contribution is -0.384. The van der Waals surface area contributed by atoms with Crippen LogP contribution in [0.5, 0.6) is 5.75 Å². The molecule has 0 atom stereocenters. The number of amides is 1. The van der Waals surface area contributed by atoms with Crippen LogP contribution in [0, 0.1) is 10.1 Å². The Morgan fingerprint density at radius 1 is 1.19 bits per heavy atom. The largest absolute Gasteiger partial charge is 0.497 e. The van der Waals surface area contributed by atoms with Gasteiger partial charge in [0.2, 0.25) is 5.91 Å². The van der Waals surface area contributed by atoms with Gasteiger partial charge in [0.1, 0.15) is 11.4 Å². The third kappa shape index (κ3) is 6.18. The normalized spacial score (nSPS) is 11.1. The molecule has 1 amide bonds. The first-order chi connectivity index (χ1) is 17.3. The van der Waals surface area contributed by atoms with Crippen molar-refractivity contribution in [1.29, 1.82) is 0 Å². The summed E-state index contributed by atoms with van der Waals surface area (Å²) < 4.78 is 6.85. The molecule has 0 bridgehead atoms. The zero-order valence-electron chi connectivity index (χ0n) is 19.8. The highest BCUT2D eigenvalue weighted by Gasteiger charge is 2.15. The lowest BCUT2D eigenvalue weighted by Gasteiger charge is -2.12. The average Bonchev–Trinajstić information content (AvgIpc) is 3.28. The average molecular weight is 522 g/mol. The van der Waals surface area contributed by atoms with Crippen molar-refractivity contribution in [3.63, 3.8) is 0 Å². The number of aliphatic imine (C=N–C) groups is 1. The number of thiazole rings is 1. The van der Waals surface area contributed by atoms with Crippen molar-refractivity contribution in [3.05, 3.63) is 76.3 Å². The molecule has 0 aliphatic carbocycles. The van der Waals surface area contributed by atoms with E-state index in [4.69, 9.17) is 4.74 Å². The molecule has 36 heavy (non-hydrogen) atoms. The Balaban J connectivity index is 1.41. The Morgan fingerprint density at radius 2 is 1.97 bits per heavy atom. The van der Waals surface area contributed by atoms with Gasteiger partial charge in [0.05, 0.1) is 33.7 Å². The Hall–Kier alpha value is -3.96. The van der Waals surface area contributed by atoms with Gasteiger partial charge < -0.3 is 15.0 Å². The number of carbonyl (C=O) groups excluding carboxylic acids is 1. The second-order valence-electron chi connectivity index (χ2n) is 7.86. The van der Waals surface area contributed by atoms with Crippen LogP contribution in [0.15, 0.2) is 70.0 Å². The predicted octanol–water partition coefficient (Wildman–Crippen LogP) is 5.76. The minimum absolute atomic E-state index is 0.0274. The summed E-state index contributed by atoms with van der Waals surface area (Å²) in [5.41, 5.74) is 3.43. The van der Waals surface area contributed by atoms with E-state index < -0.39 is 4.92 Å². The highest BCUT2D eigenvalue weighted by molar-refractivity contribution is 8.01. The molecule has 0 aliphatic rings. The summed E-state index contributed by atoms with van der Waals surface area (Å²) >= 11 is 2.85. The number of methoxy groups -OCH3 is 1. The van der Waals surface area contributed by atoms with Crippen LogP contribution in [0.2, 0.25) is 0 Å². The number of fused-ring (bicyclic) bond motifs is 1. The molecule has 0 radical (unpaired) electrons. The number of carbonyl (C=O) groups is 1. The first kappa shape index (κ1) is 25.1. The van der Waals surface area contributed by atoms with Crippen LogP contribution in [0.25, 0.3) is 10.2 Å². The van der Waals surface area contributed by atoms with E-state index in [0.29, 0.717) is 22.6 Å². The Kier molecular flexibility index (Phi) is 7.81. The van der Waals surface area contributed by atoms with Crippen molar-refractivity contribution in [2.75, 3.05) is 37.2 Å². The summed E-state index contributed by atoms with van der Waals surface area (Å²) in [6.07, 6.45) is 1.60. The fourth-order valence-corrected chi connectivity index (χ4v) is 5.23. The van der Waals surface area contributed by atoms with E-state index in [9.17, 15) is 14.9 Å². The number of ether oxygens (including phenoxy) is 1. The van der Waals surface area contributed by atoms with Gasteiger partial charge in [-0.1, -0.05) is 17.8 Å². The number of nitrogens with zero attached hydrogens (tertiary/aromatic N) is 4. The summed E-state index contributed by atoms with van der Waals surface area (Å²) in [6, 6.07) is 17.8. The highest BCUT2D eigenvalue weighted by atomic mass is 32.2. The van der Waals surface area contributed by atoms with Crippen LogP contribution < -0.4 is 15.0 Å². The van der Waals surface area contributed by atoms with Crippen molar-refractivity contribution >= 4 is 68.2 Å². The van der Waals surface area contributed by atoms with Gasteiger partial charge in [-0.3, -0.25) is 19.9 Å². The number of benzene rings is 3. The summed E-state index contributed by atoms with van der Waals surface area (Å²) in [4.78, 5) is 34.1. The van der Waals surface area contributed by atoms with Crippen LogP contribution in [-0.4, -0.2) is 49.0 Å². The molecule has 184 valence electrons. The van der Waals surface area contributed by atoms with Crippen molar-refractivity contribution in [3.8, 4) is 5.75 Å². The number of aromatic nitrogens is 1. The summed E-state index contributed by atoms with van der Waals surface area (Å²) in [6.45, 7) is 0. The summed E-state index contributed by atoms with van der Waals surface area (Å²) in [5, 5.41) is 14.3. The molecule has 4 rings (SSSR count). The SMILES string of the molecule is COc1ccc(NC(=O)CSc2nc3ccc(N=Cc4ccc(N(C)C)c([N+](=O)[O-])c4)cc3s2)cc1. The molecule has 1 N–H and O–H groups in total. The maximum atomic E-state index is 12.3. The smallest absolute Gasteiger partial charge is 0.293 e. The minimum atomic E-state index is -0.396. The number of thioether (sulfide) groups is 1. The second-order valence-corrected chi connectivity index (χ2v) is 10.1. The molecule has 0 aliphatic heterocycles.